The van der Waals surface area contributed by atoms with Crippen LogP contribution in [0.25, 0.3) is 0 Å². The van der Waals surface area contributed by atoms with E-state index in [0.717, 1.165) is 16.2 Å². The summed E-state index contributed by atoms with van der Waals surface area (Å²) < 4.78 is 11.4. The van der Waals surface area contributed by atoms with Crippen molar-refractivity contribution in [3.8, 4) is 0 Å². The highest BCUT2D eigenvalue weighted by atomic mass is 32.2. The lowest BCUT2D eigenvalue weighted by molar-refractivity contribution is -0.231. The molecule has 0 spiro atoms. The van der Waals surface area contributed by atoms with Gasteiger partial charge in [0, 0.05) is 18.8 Å². The van der Waals surface area contributed by atoms with Crippen molar-refractivity contribution >= 4 is 16.8 Å². The summed E-state index contributed by atoms with van der Waals surface area (Å²) in [7, 11) is 0. The first-order valence-electron chi connectivity index (χ1n) is 8.51. The van der Waals surface area contributed by atoms with Gasteiger partial charge < -0.3 is 14.6 Å². The second kappa shape index (κ2) is 8.15. The van der Waals surface area contributed by atoms with Crippen LogP contribution < -0.4 is 0 Å². The molecule has 2 aromatic rings. The lowest BCUT2D eigenvalue weighted by atomic mass is 10.0. The largest absolute Gasteiger partial charge is 0.364 e. The van der Waals surface area contributed by atoms with Crippen LogP contribution in [0.1, 0.15) is 30.2 Å². The Morgan fingerprint density at radius 2 is 1.56 bits per heavy atom. The molecule has 0 radical (unpaired) electrons. The van der Waals surface area contributed by atoms with E-state index in [1.54, 1.807) is 11.8 Å². The first-order chi connectivity index (χ1) is 12.2. The number of rotatable bonds is 7. The fourth-order valence-electron chi connectivity index (χ4n) is 2.87. The predicted octanol–water partition coefficient (Wildman–Crippen LogP) is 4.01. The zero-order chi connectivity index (χ0) is 17.7. The molecule has 5 heteroatoms. The minimum atomic E-state index is -1.48. The third-order valence-corrected chi connectivity index (χ3v) is 5.41. The van der Waals surface area contributed by atoms with E-state index < -0.39 is 12.0 Å². The molecule has 1 N–H and O–H groups in total. The molecule has 2 aromatic carbocycles. The molecule has 0 amide bonds. The Morgan fingerprint density at radius 1 is 1.00 bits per heavy atom. The molecule has 3 rings (SSSR count). The van der Waals surface area contributed by atoms with E-state index in [1.807, 2.05) is 74.5 Å². The highest BCUT2D eigenvalue weighted by molar-refractivity contribution is 8.15. The van der Waals surface area contributed by atoms with E-state index in [9.17, 15) is 5.11 Å². The lowest BCUT2D eigenvalue weighted by Crippen LogP contribution is -2.46. The number of hydrogen-bond acceptors (Lipinski definition) is 5. The molecular weight excluding hydrogens is 334 g/mol. The summed E-state index contributed by atoms with van der Waals surface area (Å²) in [6.45, 7) is 4.65. The smallest absolute Gasteiger partial charge is 0.225 e. The Bertz CT molecular complexity index is 701. The third kappa shape index (κ3) is 3.80. The van der Waals surface area contributed by atoms with Crippen LogP contribution in [0.5, 0.6) is 0 Å². The van der Waals surface area contributed by atoms with E-state index in [2.05, 4.69) is 4.99 Å². The van der Waals surface area contributed by atoms with Gasteiger partial charge in [0.1, 0.15) is 5.04 Å². The van der Waals surface area contributed by atoms with E-state index in [-0.39, 0.29) is 5.25 Å². The Labute approximate surface area is 152 Å². The van der Waals surface area contributed by atoms with Gasteiger partial charge in [0.15, 0.2) is 0 Å². The van der Waals surface area contributed by atoms with Crippen molar-refractivity contribution in [1.29, 1.82) is 0 Å². The van der Waals surface area contributed by atoms with Crippen LogP contribution in [0.15, 0.2) is 65.7 Å². The summed E-state index contributed by atoms with van der Waals surface area (Å²) in [5.41, 5.74) is 0.494. The summed E-state index contributed by atoms with van der Waals surface area (Å²) >= 11 is 1.54. The maximum atomic E-state index is 11.5. The summed E-state index contributed by atoms with van der Waals surface area (Å²) in [5, 5.41) is 12.0. The van der Waals surface area contributed by atoms with E-state index in [0.29, 0.717) is 13.2 Å². The summed E-state index contributed by atoms with van der Waals surface area (Å²) in [5.74, 6) is 0. The van der Waals surface area contributed by atoms with E-state index in [4.69, 9.17) is 9.47 Å². The second-order valence-corrected chi connectivity index (χ2v) is 6.81. The van der Waals surface area contributed by atoms with Gasteiger partial charge in [-0.15, -0.1) is 0 Å². The molecule has 25 heavy (non-hydrogen) atoms. The van der Waals surface area contributed by atoms with Crippen LogP contribution in [0.3, 0.4) is 0 Å². The fraction of sp³-hybridized carbons (Fsp3) is 0.350. The Balaban J connectivity index is 2.02. The van der Waals surface area contributed by atoms with Gasteiger partial charge in [0.2, 0.25) is 12.0 Å². The predicted molar refractivity (Wildman–Crippen MR) is 102 cm³/mol. The number of benzene rings is 2. The molecule has 0 bridgehead atoms. The van der Waals surface area contributed by atoms with Gasteiger partial charge in [-0.25, -0.2) is 4.99 Å². The molecule has 0 aliphatic carbocycles. The normalized spacial score (nSPS) is 23.0. The number of hydrogen-bond donors (Lipinski definition) is 1. The third-order valence-electron chi connectivity index (χ3n) is 4.00. The molecule has 0 fully saturated rings. The van der Waals surface area contributed by atoms with Gasteiger partial charge in [-0.3, -0.25) is 0 Å². The molecular formula is C20H23NO3S. The summed E-state index contributed by atoms with van der Waals surface area (Å²) in [6.07, 6.45) is -0.818. The molecule has 132 valence electrons. The Morgan fingerprint density at radius 3 is 2.12 bits per heavy atom. The van der Waals surface area contributed by atoms with Gasteiger partial charge in [-0.1, -0.05) is 72.4 Å². The molecule has 1 aliphatic rings. The molecule has 0 saturated heterocycles. The average molecular weight is 357 g/mol. The topological polar surface area (TPSA) is 51.0 Å². The van der Waals surface area contributed by atoms with Crippen molar-refractivity contribution in [2.24, 2.45) is 4.99 Å². The Kier molecular flexibility index (Phi) is 5.91. The summed E-state index contributed by atoms with van der Waals surface area (Å²) in [4.78, 5) is 4.67. The van der Waals surface area contributed by atoms with Gasteiger partial charge >= 0.3 is 0 Å². The first-order valence-corrected chi connectivity index (χ1v) is 9.39. The highest BCUT2D eigenvalue weighted by Crippen LogP contribution is 2.49. The van der Waals surface area contributed by atoms with Crippen molar-refractivity contribution in [2.75, 3.05) is 13.2 Å². The minimum Gasteiger partial charge on any atom is -0.364 e. The van der Waals surface area contributed by atoms with Crippen molar-refractivity contribution in [3.05, 3.63) is 71.8 Å². The first kappa shape index (κ1) is 18.1. The standard InChI is InChI=1S/C20H23NO3S/c1-3-23-19(24-4-2)20(22)17(15-11-7-5-8-12-15)25-18(21-20)16-13-9-6-10-14-16/h5-14,17,19,22H,3-4H2,1-2H3/t17?,20-/m1/s1. The van der Waals surface area contributed by atoms with Crippen molar-refractivity contribution in [2.45, 2.75) is 31.1 Å². The van der Waals surface area contributed by atoms with E-state index in [1.165, 1.54) is 0 Å². The number of aliphatic hydroxyl groups is 1. The van der Waals surface area contributed by atoms with Crippen LogP contribution in [0, 0.1) is 0 Å². The van der Waals surface area contributed by atoms with E-state index >= 15 is 0 Å². The van der Waals surface area contributed by atoms with Gasteiger partial charge in [0.25, 0.3) is 0 Å². The number of thioether (sulfide) groups is 1. The minimum absolute atomic E-state index is 0.299. The second-order valence-electron chi connectivity index (χ2n) is 5.72. The Hall–Kier alpha value is -1.66. The molecule has 2 atom stereocenters. The van der Waals surface area contributed by atoms with Crippen molar-refractivity contribution in [1.82, 2.24) is 0 Å². The summed E-state index contributed by atoms with van der Waals surface area (Å²) in [6, 6.07) is 19.8. The highest BCUT2D eigenvalue weighted by Gasteiger charge is 2.51. The van der Waals surface area contributed by atoms with Gasteiger partial charge in [-0.2, -0.15) is 0 Å². The number of ether oxygens (including phenoxy) is 2. The molecule has 4 nitrogen and oxygen atoms in total. The average Bonchev–Trinajstić information content (AvgIpc) is 3.02. The lowest BCUT2D eigenvalue weighted by Gasteiger charge is -2.34. The zero-order valence-electron chi connectivity index (χ0n) is 14.5. The molecule has 1 aliphatic heterocycles. The molecule has 0 saturated carbocycles. The fourth-order valence-corrected chi connectivity index (χ4v) is 4.20. The van der Waals surface area contributed by atoms with Gasteiger partial charge in [0.05, 0.1) is 5.25 Å². The maximum Gasteiger partial charge on any atom is 0.225 e. The SMILES string of the molecule is CCOC(OCC)[C@@]1(O)N=C(c2ccccc2)SC1c1ccccc1. The van der Waals surface area contributed by atoms with Crippen LogP contribution in [-0.2, 0) is 9.47 Å². The quantitative estimate of drug-likeness (QED) is 0.761. The van der Waals surface area contributed by atoms with Crippen molar-refractivity contribution in [3.63, 3.8) is 0 Å². The van der Waals surface area contributed by atoms with Crippen LogP contribution in [0.2, 0.25) is 0 Å². The van der Waals surface area contributed by atoms with Crippen LogP contribution >= 0.6 is 11.8 Å². The zero-order valence-corrected chi connectivity index (χ0v) is 15.3. The maximum absolute atomic E-state index is 11.5. The number of aliphatic imine (C=N–C) groups is 1. The molecule has 0 aromatic heterocycles. The molecule has 1 heterocycles. The van der Waals surface area contributed by atoms with Crippen LogP contribution in [-0.4, -0.2) is 35.4 Å². The van der Waals surface area contributed by atoms with Crippen molar-refractivity contribution < 1.29 is 14.6 Å². The number of nitrogens with zero attached hydrogens (tertiary/aromatic N) is 1. The van der Waals surface area contributed by atoms with Crippen LogP contribution in [0.4, 0.5) is 0 Å². The van der Waals surface area contributed by atoms with Gasteiger partial charge in [-0.05, 0) is 19.4 Å². The monoisotopic (exact) mass is 357 g/mol. The molecule has 1 unspecified atom stereocenters.